The number of fused-ring (bicyclic) bond motifs is 1. The Morgan fingerprint density at radius 3 is 2.80 bits per heavy atom. The molecule has 3 rings (SSSR count). The zero-order valence-corrected chi connectivity index (χ0v) is 11.5. The van der Waals surface area contributed by atoms with Crippen molar-refractivity contribution in [1.82, 2.24) is 5.32 Å². The summed E-state index contributed by atoms with van der Waals surface area (Å²) in [7, 11) is 1.64. The summed E-state index contributed by atoms with van der Waals surface area (Å²) in [6, 6.07) is 9.90. The first kappa shape index (κ1) is 12.8. The van der Waals surface area contributed by atoms with E-state index in [-0.39, 0.29) is 5.91 Å². The van der Waals surface area contributed by atoms with Gasteiger partial charge in [0.05, 0.1) is 12.3 Å². The molecule has 0 bridgehead atoms. The maximum atomic E-state index is 11.5. The van der Waals surface area contributed by atoms with Crippen LogP contribution in [0.15, 0.2) is 41.0 Å². The van der Waals surface area contributed by atoms with E-state index in [4.69, 9.17) is 4.42 Å². The van der Waals surface area contributed by atoms with Gasteiger partial charge in [-0.05, 0) is 43.2 Å². The summed E-state index contributed by atoms with van der Waals surface area (Å²) in [6.45, 7) is 0. The van der Waals surface area contributed by atoms with Crippen LogP contribution in [0.25, 0.3) is 0 Å². The van der Waals surface area contributed by atoms with E-state index >= 15 is 0 Å². The average molecular weight is 270 g/mol. The molecule has 0 spiro atoms. The molecule has 1 aromatic heterocycles. The highest BCUT2D eigenvalue weighted by atomic mass is 16.3. The smallest absolute Gasteiger partial charge is 0.251 e. The highest BCUT2D eigenvalue weighted by Crippen LogP contribution is 2.33. The molecule has 2 aromatic rings. The van der Waals surface area contributed by atoms with E-state index in [1.165, 1.54) is 5.56 Å². The Kier molecular flexibility index (Phi) is 3.46. The summed E-state index contributed by atoms with van der Waals surface area (Å²) >= 11 is 0. The van der Waals surface area contributed by atoms with Crippen LogP contribution in [0.3, 0.4) is 0 Å². The standard InChI is InChI=1S/C16H18N2O2/c1-17-16(19)11-5-7-12(8-6-11)18-14-3-2-4-15-13(14)9-10-20-15/h5-10,14,18H,2-4H2,1H3,(H,17,19). The first-order valence-electron chi connectivity index (χ1n) is 6.93. The zero-order valence-electron chi connectivity index (χ0n) is 11.5. The van der Waals surface area contributed by atoms with E-state index in [1.54, 1.807) is 13.3 Å². The van der Waals surface area contributed by atoms with Crippen molar-refractivity contribution in [2.75, 3.05) is 12.4 Å². The van der Waals surface area contributed by atoms with Gasteiger partial charge in [0.1, 0.15) is 5.76 Å². The Morgan fingerprint density at radius 2 is 2.05 bits per heavy atom. The van der Waals surface area contributed by atoms with Crippen LogP contribution in [0.2, 0.25) is 0 Å². The van der Waals surface area contributed by atoms with Crippen molar-refractivity contribution in [2.45, 2.75) is 25.3 Å². The number of hydrogen-bond acceptors (Lipinski definition) is 3. The fourth-order valence-electron chi connectivity index (χ4n) is 2.70. The number of nitrogens with one attached hydrogen (secondary N) is 2. The monoisotopic (exact) mass is 270 g/mol. The van der Waals surface area contributed by atoms with Gasteiger partial charge in [0, 0.05) is 30.3 Å². The number of amides is 1. The van der Waals surface area contributed by atoms with Crippen molar-refractivity contribution >= 4 is 11.6 Å². The van der Waals surface area contributed by atoms with Gasteiger partial charge in [-0.3, -0.25) is 4.79 Å². The lowest BCUT2D eigenvalue weighted by Crippen LogP contribution is -2.18. The van der Waals surface area contributed by atoms with Gasteiger partial charge in [-0.2, -0.15) is 0 Å². The molecule has 1 aromatic carbocycles. The second-order valence-corrected chi connectivity index (χ2v) is 5.04. The lowest BCUT2D eigenvalue weighted by Gasteiger charge is -2.23. The summed E-state index contributed by atoms with van der Waals surface area (Å²) in [5, 5.41) is 6.14. The molecular formula is C16H18N2O2. The summed E-state index contributed by atoms with van der Waals surface area (Å²) in [4.78, 5) is 11.5. The Bertz CT molecular complexity index is 601. The predicted octanol–water partition coefficient (Wildman–Crippen LogP) is 3.13. The highest BCUT2D eigenvalue weighted by molar-refractivity contribution is 5.94. The molecule has 1 aliphatic rings. The fourth-order valence-corrected chi connectivity index (χ4v) is 2.70. The molecule has 104 valence electrons. The summed E-state index contributed by atoms with van der Waals surface area (Å²) in [5.74, 6) is 1.03. The van der Waals surface area contributed by atoms with E-state index in [1.807, 2.05) is 30.3 Å². The Morgan fingerprint density at radius 1 is 1.25 bits per heavy atom. The van der Waals surface area contributed by atoms with Crippen LogP contribution >= 0.6 is 0 Å². The van der Waals surface area contributed by atoms with E-state index in [0.29, 0.717) is 11.6 Å². The van der Waals surface area contributed by atoms with E-state index in [2.05, 4.69) is 10.6 Å². The number of anilines is 1. The molecule has 1 heterocycles. The van der Waals surface area contributed by atoms with Crippen LogP contribution in [-0.4, -0.2) is 13.0 Å². The van der Waals surface area contributed by atoms with Crippen LogP contribution in [0.5, 0.6) is 0 Å². The van der Waals surface area contributed by atoms with Gasteiger partial charge in [-0.25, -0.2) is 0 Å². The minimum atomic E-state index is -0.0636. The SMILES string of the molecule is CNC(=O)c1ccc(NC2CCCc3occc32)cc1. The van der Waals surface area contributed by atoms with Gasteiger partial charge in [0.2, 0.25) is 0 Å². The zero-order chi connectivity index (χ0) is 13.9. The van der Waals surface area contributed by atoms with Gasteiger partial charge in [-0.1, -0.05) is 0 Å². The third-order valence-corrected chi connectivity index (χ3v) is 3.77. The second kappa shape index (κ2) is 5.41. The van der Waals surface area contributed by atoms with Crippen LogP contribution < -0.4 is 10.6 Å². The number of carbonyl (C=O) groups excluding carboxylic acids is 1. The predicted molar refractivity (Wildman–Crippen MR) is 77.8 cm³/mol. The average Bonchev–Trinajstić information content (AvgIpc) is 2.97. The second-order valence-electron chi connectivity index (χ2n) is 5.04. The number of aryl methyl sites for hydroxylation is 1. The number of benzene rings is 1. The quantitative estimate of drug-likeness (QED) is 0.901. The minimum Gasteiger partial charge on any atom is -0.469 e. The molecule has 0 radical (unpaired) electrons. The van der Waals surface area contributed by atoms with Crippen LogP contribution in [0.4, 0.5) is 5.69 Å². The minimum absolute atomic E-state index is 0.0636. The molecule has 4 nitrogen and oxygen atoms in total. The molecule has 1 unspecified atom stereocenters. The first-order chi connectivity index (χ1) is 9.78. The normalized spacial score (nSPS) is 17.4. The maximum Gasteiger partial charge on any atom is 0.251 e. The van der Waals surface area contributed by atoms with Crippen molar-refractivity contribution in [3.63, 3.8) is 0 Å². The molecule has 0 aliphatic heterocycles. The molecular weight excluding hydrogens is 252 g/mol. The maximum absolute atomic E-state index is 11.5. The van der Waals surface area contributed by atoms with E-state index in [9.17, 15) is 4.79 Å². The van der Waals surface area contributed by atoms with Crippen molar-refractivity contribution < 1.29 is 9.21 Å². The lowest BCUT2D eigenvalue weighted by atomic mass is 9.93. The molecule has 1 aliphatic carbocycles. The summed E-state index contributed by atoms with van der Waals surface area (Å²) in [5.41, 5.74) is 2.95. The summed E-state index contributed by atoms with van der Waals surface area (Å²) < 4.78 is 5.50. The molecule has 0 fully saturated rings. The van der Waals surface area contributed by atoms with Crippen LogP contribution in [0.1, 0.15) is 40.6 Å². The number of furan rings is 1. The third-order valence-electron chi connectivity index (χ3n) is 3.77. The van der Waals surface area contributed by atoms with Crippen LogP contribution in [0, 0.1) is 0 Å². The highest BCUT2D eigenvalue weighted by Gasteiger charge is 2.22. The van der Waals surface area contributed by atoms with Gasteiger partial charge >= 0.3 is 0 Å². The Balaban J connectivity index is 1.75. The summed E-state index contributed by atoms with van der Waals surface area (Å²) in [6.07, 6.45) is 5.02. The molecule has 4 heteroatoms. The van der Waals surface area contributed by atoms with Crippen molar-refractivity contribution in [3.05, 3.63) is 53.5 Å². The van der Waals surface area contributed by atoms with Crippen molar-refractivity contribution in [3.8, 4) is 0 Å². The Hall–Kier alpha value is -2.23. The number of rotatable bonds is 3. The van der Waals surface area contributed by atoms with E-state index in [0.717, 1.165) is 30.7 Å². The third kappa shape index (κ3) is 2.41. The van der Waals surface area contributed by atoms with Crippen molar-refractivity contribution in [1.29, 1.82) is 0 Å². The van der Waals surface area contributed by atoms with Crippen molar-refractivity contribution in [2.24, 2.45) is 0 Å². The number of hydrogen-bond donors (Lipinski definition) is 2. The van der Waals surface area contributed by atoms with E-state index < -0.39 is 0 Å². The first-order valence-corrected chi connectivity index (χ1v) is 6.93. The van der Waals surface area contributed by atoms with Gasteiger partial charge in [-0.15, -0.1) is 0 Å². The molecule has 0 saturated heterocycles. The largest absolute Gasteiger partial charge is 0.469 e. The topological polar surface area (TPSA) is 54.3 Å². The van der Waals surface area contributed by atoms with Gasteiger partial charge < -0.3 is 15.1 Å². The fraction of sp³-hybridized carbons (Fsp3) is 0.312. The van der Waals surface area contributed by atoms with Gasteiger partial charge in [0.25, 0.3) is 5.91 Å². The van der Waals surface area contributed by atoms with Crippen LogP contribution in [-0.2, 0) is 6.42 Å². The molecule has 0 saturated carbocycles. The molecule has 1 amide bonds. The number of carbonyl (C=O) groups is 1. The molecule has 2 N–H and O–H groups in total. The molecule has 1 atom stereocenters. The van der Waals surface area contributed by atoms with Gasteiger partial charge in [0.15, 0.2) is 0 Å². The molecule has 20 heavy (non-hydrogen) atoms. The Labute approximate surface area is 118 Å². The lowest BCUT2D eigenvalue weighted by molar-refractivity contribution is 0.0963.